The third-order valence-corrected chi connectivity index (χ3v) is 4.51. The van der Waals surface area contributed by atoms with Crippen LogP contribution in [0.1, 0.15) is 53.9 Å². The second kappa shape index (κ2) is 8.26. The zero-order chi connectivity index (χ0) is 21.1. The van der Waals surface area contributed by atoms with E-state index in [-0.39, 0.29) is 19.0 Å². The zero-order valence-corrected chi connectivity index (χ0v) is 16.4. The van der Waals surface area contributed by atoms with Gasteiger partial charge in [-0.2, -0.15) is 5.10 Å². The van der Waals surface area contributed by atoms with E-state index in [0.29, 0.717) is 16.9 Å². The number of nitrogens with zero attached hydrogens (tertiary/aromatic N) is 3. The number of carbonyl (C=O) groups is 4. The Morgan fingerprint density at radius 3 is 2.28 bits per heavy atom. The lowest BCUT2D eigenvalue weighted by Crippen LogP contribution is -2.34. The molecule has 3 rings (SSSR count). The molecule has 0 saturated heterocycles. The van der Waals surface area contributed by atoms with Gasteiger partial charge in [0.2, 0.25) is 0 Å². The molecule has 0 bridgehead atoms. The van der Waals surface area contributed by atoms with Crippen molar-refractivity contribution >= 4 is 29.5 Å². The Kier molecular flexibility index (Phi) is 5.76. The Morgan fingerprint density at radius 2 is 1.69 bits per heavy atom. The molecule has 152 valence electrons. The molecule has 0 fully saturated rings. The van der Waals surface area contributed by atoms with Crippen molar-refractivity contribution in [2.24, 2.45) is 0 Å². The minimum Gasteiger partial charge on any atom is -0.452 e. The highest BCUT2D eigenvalue weighted by Crippen LogP contribution is 2.22. The van der Waals surface area contributed by atoms with Crippen LogP contribution in [0.15, 0.2) is 36.5 Å². The highest BCUT2D eigenvalue weighted by Gasteiger charge is 2.35. The van der Waals surface area contributed by atoms with Gasteiger partial charge in [0.25, 0.3) is 17.7 Å². The van der Waals surface area contributed by atoms with E-state index >= 15 is 0 Å². The first-order chi connectivity index (χ1) is 13.8. The van der Waals surface area contributed by atoms with E-state index in [4.69, 9.17) is 4.74 Å². The van der Waals surface area contributed by atoms with Gasteiger partial charge < -0.3 is 10.1 Å². The van der Waals surface area contributed by atoms with Crippen LogP contribution in [-0.4, -0.2) is 51.0 Å². The number of carbonyl (C=O) groups excluding carboxylic acids is 4. The van der Waals surface area contributed by atoms with Crippen LogP contribution < -0.4 is 5.32 Å². The number of hydrogen-bond acceptors (Lipinski definition) is 6. The van der Waals surface area contributed by atoms with E-state index < -0.39 is 29.8 Å². The van der Waals surface area contributed by atoms with E-state index in [1.807, 2.05) is 13.8 Å². The number of nitrogens with one attached hydrogen (secondary N) is 1. The van der Waals surface area contributed by atoms with Gasteiger partial charge in [0, 0.05) is 18.7 Å². The van der Waals surface area contributed by atoms with Gasteiger partial charge >= 0.3 is 5.97 Å². The number of rotatable bonds is 7. The van der Waals surface area contributed by atoms with Crippen molar-refractivity contribution in [1.82, 2.24) is 14.7 Å². The monoisotopic (exact) mass is 398 g/mol. The molecular formula is C20H22N4O5. The molecule has 0 saturated carbocycles. The molecule has 0 spiro atoms. The highest BCUT2D eigenvalue weighted by molar-refractivity contribution is 6.21. The maximum atomic E-state index is 12.3. The van der Waals surface area contributed by atoms with Gasteiger partial charge in [0.15, 0.2) is 6.10 Å². The van der Waals surface area contributed by atoms with Gasteiger partial charge in [-0.15, -0.1) is 0 Å². The average Bonchev–Trinajstić information content (AvgIpc) is 3.24. The van der Waals surface area contributed by atoms with E-state index in [1.165, 1.54) is 6.92 Å². The fourth-order valence-electron chi connectivity index (χ4n) is 3.01. The lowest BCUT2D eigenvalue weighted by molar-refractivity contribution is -0.153. The second-order valence-corrected chi connectivity index (χ2v) is 6.93. The summed E-state index contributed by atoms with van der Waals surface area (Å²) in [5.41, 5.74) is 0.640. The number of anilines is 1. The van der Waals surface area contributed by atoms with Crippen LogP contribution in [0.25, 0.3) is 0 Å². The second-order valence-electron chi connectivity index (χ2n) is 6.93. The third-order valence-electron chi connectivity index (χ3n) is 4.51. The number of benzene rings is 1. The lowest BCUT2D eigenvalue weighted by atomic mass is 10.1. The van der Waals surface area contributed by atoms with Crippen molar-refractivity contribution in [2.45, 2.75) is 39.3 Å². The average molecular weight is 398 g/mol. The molecule has 3 amide bonds. The maximum absolute atomic E-state index is 12.3. The van der Waals surface area contributed by atoms with E-state index in [1.54, 1.807) is 41.2 Å². The van der Waals surface area contributed by atoms with Crippen LogP contribution in [0, 0.1) is 0 Å². The molecule has 29 heavy (non-hydrogen) atoms. The number of ether oxygens (including phenoxy) is 1. The fourth-order valence-corrected chi connectivity index (χ4v) is 3.01. The predicted octanol–water partition coefficient (Wildman–Crippen LogP) is 2.02. The van der Waals surface area contributed by atoms with Gasteiger partial charge in [0.05, 0.1) is 23.7 Å². The van der Waals surface area contributed by atoms with Crippen molar-refractivity contribution in [1.29, 1.82) is 0 Å². The molecule has 0 unspecified atom stereocenters. The van der Waals surface area contributed by atoms with Crippen LogP contribution in [0.3, 0.4) is 0 Å². The first-order valence-electron chi connectivity index (χ1n) is 9.28. The van der Waals surface area contributed by atoms with E-state index in [0.717, 1.165) is 4.90 Å². The quantitative estimate of drug-likeness (QED) is 0.564. The van der Waals surface area contributed by atoms with Crippen molar-refractivity contribution in [2.75, 3.05) is 11.9 Å². The first-order valence-corrected chi connectivity index (χ1v) is 9.28. The summed E-state index contributed by atoms with van der Waals surface area (Å²) in [5.74, 6) is -1.56. The van der Waals surface area contributed by atoms with E-state index in [9.17, 15) is 19.2 Å². The van der Waals surface area contributed by atoms with E-state index in [2.05, 4.69) is 10.4 Å². The minimum atomic E-state index is -1.04. The summed E-state index contributed by atoms with van der Waals surface area (Å²) >= 11 is 0. The SMILES string of the molecule is CC(C)n1nccc1NC(=O)[C@H](C)OC(=O)CCN1C(=O)c2ccccc2C1=O. The van der Waals surface area contributed by atoms with Crippen LogP contribution in [0.2, 0.25) is 0 Å². The number of fused-ring (bicyclic) bond motifs is 1. The van der Waals surface area contributed by atoms with Crippen LogP contribution in [0.4, 0.5) is 5.82 Å². The largest absolute Gasteiger partial charge is 0.452 e. The van der Waals surface area contributed by atoms with Gasteiger partial charge in [-0.25, -0.2) is 4.68 Å². The molecule has 0 aliphatic carbocycles. The summed E-state index contributed by atoms with van der Waals surface area (Å²) in [6, 6.07) is 8.19. The minimum absolute atomic E-state index is 0.0535. The summed E-state index contributed by atoms with van der Waals surface area (Å²) in [6.45, 7) is 5.18. The summed E-state index contributed by atoms with van der Waals surface area (Å²) < 4.78 is 6.77. The van der Waals surface area contributed by atoms with Crippen LogP contribution in [-0.2, 0) is 14.3 Å². The van der Waals surface area contributed by atoms with Gasteiger partial charge in [-0.05, 0) is 32.9 Å². The first kappa shape index (κ1) is 20.2. The number of aromatic nitrogens is 2. The molecule has 0 radical (unpaired) electrons. The molecule has 9 heteroatoms. The lowest BCUT2D eigenvalue weighted by Gasteiger charge is -2.17. The Bertz CT molecular complexity index is 930. The number of imide groups is 1. The molecule has 2 heterocycles. The molecule has 1 atom stereocenters. The number of hydrogen-bond donors (Lipinski definition) is 1. The maximum Gasteiger partial charge on any atom is 0.308 e. The van der Waals surface area contributed by atoms with Gasteiger partial charge in [0.1, 0.15) is 5.82 Å². The van der Waals surface area contributed by atoms with Crippen LogP contribution in [0.5, 0.6) is 0 Å². The topological polar surface area (TPSA) is 111 Å². The Hall–Kier alpha value is -3.49. The van der Waals surface area contributed by atoms with Gasteiger partial charge in [-0.1, -0.05) is 12.1 Å². The van der Waals surface area contributed by atoms with Crippen LogP contribution >= 0.6 is 0 Å². The molecule has 1 aromatic heterocycles. The molecule has 1 aromatic carbocycles. The Balaban J connectivity index is 1.52. The number of amides is 3. The normalized spacial score (nSPS) is 14.1. The molecule has 1 aliphatic rings. The molecule has 1 aliphatic heterocycles. The van der Waals surface area contributed by atoms with Crippen molar-refractivity contribution in [3.8, 4) is 0 Å². The van der Waals surface area contributed by atoms with Crippen molar-refractivity contribution in [3.63, 3.8) is 0 Å². The predicted molar refractivity (Wildman–Crippen MR) is 103 cm³/mol. The molecule has 2 aromatic rings. The third kappa shape index (κ3) is 4.18. The van der Waals surface area contributed by atoms with Crippen molar-refractivity contribution in [3.05, 3.63) is 47.7 Å². The summed E-state index contributed by atoms with van der Waals surface area (Å²) in [6.07, 6.45) is 0.321. The standard InChI is InChI=1S/C20H22N4O5/c1-12(2)24-16(8-10-21-24)22-18(26)13(3)29-17(25)9-11-23-19(27)14-6-4-5-7-15(14)20(23)28/h4-8,10,12-13H,9,11H2,1-3H3,(H,22,26)/t13-/m0/s1. The summed E-state index contributed by atoms with van der Waals surface area (Å²) in [4.78, 5) is 50.0. The Labute approximate surface area is 167 Å². The molecule has 1 N–H and O–H groups in total. The smallest absolute Gasteiger partial charge is 0.308 e. The van der Waals surface area contributed by atoms with Crippen molar-refractivity contribution < 1.29 is 23.9 Å². The fraction of sp³-hybridized carbons (Fsp3) is 0.350. The summed E-state index contributed by atoms with van der Waals surface area (Å²) in [5, 5.41) is 6.78. The van der Waals surface area contributed by atoms with Gasteiger partial charge in [-0.3, -0.25) is 24.1 Å². The Morgan fingerprint density at radius 1 is 1.07 bits per heavy atom. The number of esters is 1. The molecule has 9 nitrogen and oxygen atoms in total. The zero-order valence-electron chi connectivity index (χ0n) is 16.4. The molecular weight excluding hydrogens is 376 g/mol. The summed E-state index contributed by atoms with van der Waals surface area (Å²) in [7, 11) is 0. The highest BCUT2D eigenvalue weighted by atomic mass is 16.5.